The third-order valence-corrected chi connectivity index (χ3v) is 4.27. The van der Waals surface area contributed by atoms with Crippen molar-refractivity contribution in [3.05, 3.63) is 0 Å². The summed E-state index contributed by atoms with van der Waals surface area (Å²) in [6, 6.07) is 1.08. The van der Waals surface area contributed by atoms with Gasteiger partial charge in [-0.05, 0) is 18.9 Å². The van der Waals surface area contributed by atoms with Crippen LogP contribution in [0.3, 0.4) is 0 Å². The Morgan fingerprint density at radius 2 is 2.44 bits per heavy atom. The molecule has 16 heavy (non-hydrogen) atoms. The van der Waals surface area contributed by atoms with Crippen molar-refractivity contribution in [2.45, 2.75) is 26.0 Å². The first-order valence-electron chi connectivity index (χ1n) is 5.82. The van der Waals surface area contributed by atoms with Crippen molar-refractivity contribution in [2.24, 2.45) is 5.92 Å². The second kappa shape index (κ2) is 7.64. The smallest absolute Gasteiger partial charge is 0.407 e. The highest BCUT2D eigenvalue weighted by atomic mass is 28.2. The Morgan fingerprint density at radius 1 is 1.69 bits per heavy atom. The van der Waals surface area contributed by atoms with E-state index in [4.69, 9.17) is 13.9 Å². The van der Waals surface area contributed by atoms with Crippen molar-refractivity contribution in [3.63, 3.8) is 0 Å². The summed E-state index contributed by atoms with van der Waals surface area (Å²) < 4.78 is 15.3. The van der Waals surface area contributed by atoms with Gasteiger partial charge in [-0.2, -0.15) is 0 Å². The Balaban J connectivity index is 1.92. The maximum Gasteiger partial charge on any atom is 0.407 e. The van der Waals surface area contributed by atoms with E-state index < -0.39 is 9.76 Å². The van der Waals surface area contributed by atoms with Crippen LogP contribution in [0.25, 0.3) is 0 Å². The number of hydrogen-bond acceptors (Lipinski definition) is 4. The fraction of sp³-hybridized carbons (Fsp3) is 0.900. The Morgan fingerprint density at radius 3 is 3.06 bits per heavy atom. The molecule has 1 fully saturated rings. The molecule has 1 aliphatic heterocycles. The maximum atomic E-state index is 11.2. The third kappa shape index (κ3) is 6.81. The molecule has 6 heteroatoms. The van der Waals surface area contributed by atoms with Crippen molar-refractivity contribution in [1.29, 1.82) is 0 Å². The molecule has 2 atom stereocenters. The van der Waals surface area contributed by atoms with Gasteiger partial charge < -0.3 is 19.2 Å². The number of hydrogen-bond donors (Lipinski definition) is 1. The van der Waals surface area contributed by atoms with Gasteiger partial charge in [0.1, 0.15) is 12.7 Å². The number of amides is 1. The number of rotatable bonds is 8. The quantitative estimate of drug-likeness (QED) is 0.380. The lowest BCUT2D eigenvalue weighted by Gasteiger charge is -2.12. The molecule has 0 aliphatic carbocycles. The van der Waals surface area contributed by atoms with E-state index in [1.54, 1.807) is 0 Å². The van der Waals surface area contributed by atoms with Gasteiger partial charge in [0.15, 0.2) is 9.76 Å². The lowest BCUT2D eigenvalue weighted by Crippen LogP contribution is -2.30. The molecule has 0 saturated carbocycles. The average molecular weight is 247 g/mol. The molecule has 0 bridgehead atoms. The summed E-state index contributed by atoms with van der Waals surface area (Å²) in [5, 5.41) is 2.74. The highest BCUT2D eigenvalue weighted by Gasteiger charge is 2.24. The summed E-state index contributed by atoms with van der Waals surface area (Å²) in [5.74, 6) is 0.461. The SMILES string of the molecule is CCO[SiH2]CC(C)CNC(=O)OCC1CO1. The Hall–Kier alpha value is -0.593. The van der Waals surface area contributed by atoms with Gasteiger partial charge in [-0.15, -0.1) is 0 Å². The van der Waals surface area contributed by atoms with Crippen LogP contribution in [0.1, 0.15) is 13.8 Å². The van der Waals surface area contributed by atoms with E-state index in [0.29, 0.717) is 25.7 Å². The normalized spacial score (nSPS) is 21.0. The molecule has 0 spiro atoms. The first kappa shape index (κ1) is 13.5. The van der Waals surface area contributed by atoms with Gasteiger partial charge in [0.25, 0.3) is 0 Å². The van der Waals surface area contributed by atoms with Crippen molar-refractivity contribution < 1.29 is 18.7 Å². The van der Waals surface area contributed by atoms with Crippen LogP contribution in [0.2, 0.25) is 6.04 Å². The fourth-order valence-electron chi connectivity index (χ4n) is 1.17. The van der Waals surface area contributed by atoms with Gasteiger partial charge in [0.2, 0.25) is 0 Å². The predicted octanol–water partition coefficient (Wildman–Crippen LogP) is 0.286. The summed E-state index contributed by atoms with van der Waals surface area (Å²) in [5.41, 5.74) is 0. The minimum Gasteiger partial charge on any atom is -0.447 e. The number of carbonyl (C=O) groups is 1. The predicted molar refractivity (Wildman–Crippen MR) is 63.2 cm³/mol. The maximum absolute atomic E-state index is 11.2. The van der Waals surface area contributed by atoms with Gasteiger partial charge in [-0.25, -0.2) is 4.79 Å². The van der Waals surface area contributed by atoms with E-state index in [9.17, 15) is 4.79 Å². The van der Waals surface area contributed by atoms with Crippen molar-refractivity contribution in [3.8, 4) is 0 Å². The van der Waals surface area contributed by atoms with Crippen LogP contribution < -0.4 is 5.32 Å². The molecule has 2 unspecified atom stereocenters. The van der Waals surface area contributed by atoms with Crippen LogP contribution in [-0.2, 0) is 13.9 Å². The van der Waals surface area contributed by atoms with Crippen LogP contribution in [0, 0.1) is 5.92 Å². The summed E-state index contributed by atoms with van der Waals surface area (Å²) in [6.45, 7) is 6.65. The highest BCUT2D eigenvalue weighted by molar-refractivity contribution is 6.27. The number of epoxide rings is 1. The largest absolute Gasteiger partial charge is 0.447 e. The average Bonchev–Trinajstić information content (AvgIpc) is 3.08. The standard InChI is InChI=1S/C10H21NO4Si/c1-3-15-16-7-8(2)4-11-10(12)14-6-9-5-13-9/h8-9H,3-7,16H2,1-2H3,(H,11,12). The Bertz CT molecular complexity index is 211. The first-order valence-corrected chi connectivity index (χ1v) is 7.40. The minimum atomic E-state index is -0.408. The molecule has 0 aromatic rings. The second-order valence-corrected chi connectivity index (χ2v) is 5.42. The summed E-state index contributed by atoms with van der Waals surface area (Å²) >= 11 is 0. The molecule has 94 valence electrons. The van der Waals surface area contributed by atoms with Gasteiger partial charge in [0, 0.05) is 13.2 Å². The molecule has 1 rings (SSSR count). The van der Waals surface area contributed by atoms with E-state index in [1.165, 1.54) is 0 Å². The number of alkyl carbamates (subject to hydrolysis) is 1. The summed E-state index contributed by atoms with van der Waals surface area (Å²) in [6.07, 6.45) is -0.214. The van der Waals surface area contributed by atoms with Gasteiger partial charge in [-0.1, -0.05) is 6.92 Å². The van der Waals surface area contributed by atoms with Crippen molar-refractivity contribution in [1.82, 2.24) is 5.32 Å². The van der Waals surface area contributed by atoms with Gasteiger partial charge in [0.05, 0.1) is 6.61 Å². The molecule has 5 nitrogen and oxygen atoms in total. The topological polar surface area (TPSA) is 60.1 Å². The van der Waals surface area contributed by atoms with Crippen LogP contribution in [0.4, 0.5) is 4.79 Å². The number of carbonyl (C=O) groups excluding carboxylic acids is 1. The monoisotopic (exact) mass is 247 g/mol. The van der Waals surface area contributed by atoms with E-state index in [-0.39, 0.29) is 12.2 Å². The van der Waals surface area contributed by atoms with E-state index in [0.717, 1.165) is 12.7 Å². The molecule has 1 N–H and O–H groups in total. The molecule has 1 heterocycles. The minimum absolute atomic E-state index is 0.133. The summed E-state index contributed by atoms with van der Waals surface area (Å²) in [4.78, 5) is 11.2. The molecule has 1 aliphatic rings. The third-order valence-electron chi connectivity index (χ3n) is 2.36. The molecule has 0 aromatic heterocycles. The lowest BCUT2D eigenvalue weighted by molar-refractivity contribution is 0.135. The zero-order valence-electron chi connectivity index (χ0n) is 10.0. The van der Waals surface area contributed by atoms with Gasteiger partial charge in [-0.3, -0.25) is 0 Å². The van der Waals surface area contributed by atoms with Crippen molar-refractivity contribution in [2.75, 3.05) is 26.4 Å². The van der Waals surface area contributed by atoms with Crippen LogP contribution in [-0.4, -0.2) is 48.3 Å². The molecule has 0 radical (unpaired) electrons. The molecular formula is C10H21NO4Si. The second-order valence-electron chi connectivity index (χ2n) is 4.03. The molecule has 1 saturated heterocycles. The Labute approximate surface area is 98.8 Å². The number of nitrogens with one attached hydrogen (secondary N) is 1. The van der Waals surface area contributed by atoms with Crippen LogP contribution in [0.15, 0.2) is 0 Å². The van der Waals surface area contributed by atoms with E-state index in [1.807, 2.05) is 6.92 Å². The van der Waals surface area contributed by atoms with Crippen LogP contribution in [0.5, 0.6) is 0 Å². The fourth-order valence-corrected chi connectivity index (χ4v) is 2.23. The Kier molecular flexibility index (Phi) is 6.44. The lowest BCUT2D eigenvalue weighted by atomic mass is 10.2. The zero-order valence-corrected chi connectivity index (χ0v) is 11.4. The first-order chi connectivity index (χ1) is 7.72. The van der Waals surface area contributed by atoms with Crippen molar-refractivity contribution >= 4 is 15.9 Å². The van der Waals surface area contributed by atoms with E-state index in [2.05, 4.69) is 12.2 Å². The molecule has 1 amide bonds. The molecule has 0 aromatic carbocycles. The zero-order chi connectivity index (χ0) is 11.8. The summed E-state index contributed by atoms with van der Waals surface area (Å²) in [7, 11) is -0.408. The molecular weight excluding hydrogens is 226 g/mol. The van der Waals surface area contributed by atoms with Gasteiger partial charge >= 0.3 is 6.09 Å². The number of ether oxygens (including phenoxy) is 2. The highest BCUT2D eigenvalue weighted by Crippen LogP contribution is 2.08. The van der Waals surface area contributed by atoms with Crippen LogP contribution >= 0.6 is 0 Å². The van der Waals surface area contributed by atoms with E-state index >= 15 is 0 Å².